The van der Waals surface area contributed by atoms with Crippen molar-refractivity contribution in [1.29, 1.82) is 0 Å². The summed E-state index contributed by atoms with van der Waals surface area (Å²) in [6, 6.07) is 10.9. The van der Waals surface area contributed by atoms with Gasteiger partial charge in [-0.25, -0.2) is 10.1 Å². The molecule has 0 radical (unpaired) electrons. The fraction of sp³-hybridized carbons (Fsp3) is 0.158. The first kappa shape index (κ1) is 23.3. The maximum Gasteiger partial charge on any atom is 0.269 e. The number of hydrogen-bond acceptors (Lipinski definition) is 11. The topological polar surface area (TPSA) is 172 Å². The molecule has 0 fully saturated rings. The molecule has 1 amide bonds. The summed E-state index contributed by atoms with van der Waals surface area (Å²) in [5, 5.41) is 25.5. The van der Waals surface area contributed by atoms with E-state index in [1.54, 1.807) is 30.3 Å². The number of thioether (sulfide) groups is 1. The van der Waals surface area contributed by atoms with Crippen LogP contribution < -0.4 is 26.1 Å². The number of rotatable bonds is 10. The number of nitro benzene ring substituents is 1. The summed E-state index contributed by atoms with van der Waals surface area (Å²) in [6.45, 7) is 0. The molecule has 0 bridgehead atoms. The van der Waals surface area contributed by atoms with E-state index in [1.807, 2.05) is 0 Å². The molecule has 0 saturated heterocycles. The van der Waals surface area contributed by atoms with Crippen LogP contribution >= 0.6 is 11.8 Å². The number of anilines is 2. The quantitative estimate of drug-likeness (QED) is 0.130. The molecule has 33 heavy (non-hydrogen) atoms. The van der Waals surface area contributed by atoms with E-state index in [-0.39, 0.29) is 23.3 Å². The summed E-state index contributed by atoms with van der Waals surface area (Å²) < 4.78 is 11.5. The molecule has 172 valence electrons. The van der Waals surface area contributed by atoms with Gasteiger partial charge in [0.1, 0.15) is 11.5 Å². The average molecular weight is 472 g/mol. The number of nitrogen functional groups attached to an aromatic ring is 1. The summed E-state index contributed by atoms with van der Waals surface area (Å²) in [5.74, 6) is 6.92. The van der Waals surface area contributed by atoms with Crippen LogP contribution in [-0.4, -0.2) is 51.9 Å². The van der Waals surface area contributed by atoms with Crippen molar-refractivity contribution >= 4 is 41.2 Å². The molecule has 0 aliphatic heterocycles. The van der Waals surface area contributed by atoms with Gasteiger partial charge in [-0.3, -0.25) is 14.9 Å². The number of amides is 1. The van der Waals surface area contributed by atoms with E-state index < -0.39 is 4.92 Å². The molecule has 4 N–H and O–H groups in total. The number of carbonyl (C=O) groups excluding carboxylic acids is 1. The van der Waals surface area contributed by atoms with Crippen molar-refractivity contribution in [2.24, 2.45) is 5.10 Å². The number of aromatic nitrogens is 3. The van der Waals surface area contributed by atoms with Gasteiger partial charge in [0.25, 0.3) is 11.6 Å². The van der Waals surface area contributed by atoms with E-state index in [4.69, 9.17) is 15.3 Å². The Morgan fingerprint density at radius 3 is 2.48 bits per heavy atom. The highest BCUT2D eigenvalue weighted by Crippen LogP contribution is 2.26. The molecular formula is C19H20N8O5S. The Balaban J connectivity index is 1.54. The lowest BCUT2D eigenvalue weighted by molar-refractivity contribution is -0.384. The third-order valence-corrected chi connectivity index (χ3v) is 5.06. The number of benzene rings is 2. The van der Waals surface area contributed by atoms with Crippen molar-refractivity contribution in [3.05, 3.63) is 58.1 Å². The lowest BCUT2D eigenvalue weighted by Crippen LogP contribution is -2.17. The van der Waals surface area contributed by atoms with Crippen molar-refractivity contribution in [3.8, 4) is 11.5 Å². The fourth-order valence-electron chi connectivity index (χ4n) is 2.51. The molecule has 1 aromatic heterocycles. The third-order valence-electron chi connectivity index (χ3n) is 4.11. The molecule has 1 heterocycles. The molecule has 0 saturated carbocycles. The van der Waals surface area contributed by atoms with Crippen molar-refractivity contribution in [2.45, 2.75) is 5.16 Å². The lowest BCUT2D eigenvalue weighted by atomic mass is 10.2. The number of hydrazone groups is 1. The van der Waals surface area contributed by atoms with Gasteiger partial charge in [-0.2, -0.15) is 5.10 Å². The molecular weight excluding hydrogens is 452 g/mol. The minimum atomic E-state index is -0.483. The highest BCUT2D eigenvalue weighted by Gasteiger charge is 2.13. The van der Waals surface area contributed by atoms with Gasteiger partial charge in [-0.15, -0.1) is 10.2 Å². The molecule has 0 unspecified atom stereocenters. The summed E-state index contributed by atoms with van der Waals surface area (Å²) >= 11 is 1.08. The van der Waals surface area contributed by atoms with Crippen LogP contribution in [0.15, 0.2) is 52.7 Å². The normalized spacial score (nSPS) is 10.7. The Kier molecular flexibility index (Phi) is 7.64. The van der Waals surface area contributed by atoms with Gasteiger partial charge < -0.3 is 20.6 Å². The van der Waals surface area contributed by atoms with E-state index in [9.17, 15) is 14.9 Å². The smallest absolute Gasteiger partial charge is 0.269 e. The average Bonchev–Trinajstić information content (AvgIpc) is 3.17. The number of nitrogens with zero attached hydrogens (tertiary/aromatic N) is 5. The Morgan fingerprint density at radius 2 is 1.88 bits per heavy atom. The van der Waals surface area contributed by atoms with Crippen LogP contribution in [0.1, 0.15) is 5.56 Å². The molecule has 14 heteroatoms. The first-order valence-corrected chi connectivity index (χ1v) is 10.3. The number of ether oxygens (including phenoxy) is 2. The zero-order valence-electron chi connectivity index (χ0n) is 17.6. The Hall–Kier alpha value is -4.33. The van der Waals surface area contributed by atoms with Crippen molar-refractivity contribution in [2.75, 3.05) is 36.6 Å². The Labute approximate surface area is 192 Å². The molecule has 3 rings (SSSR count). The third kappa shape index (κ3) is 6.33. The minimum absolute atomic E-state index is 0.0157. The molecule has 13 nitrogen and oxygen atoms in total. The van der Waals surface area contributed by atoms with E-state index in [2.05, 4.69) is 26.0 Å². The lowest BCUT2D eigenvalue weighted by Gasteiger charge is -2.09. The van der Waals surface area contributed by atoms with Crippen LogP contribution in [0.2, 0.25) is 0 Å². The maximum absolute atomic E-state index is 12.3. The highest BCUT2D eigenvalue weighted by atomic mass is 32.2. The summed E-state index contributed by atoms with van der Waals surface area (Å²) in [6.07, 6.45) is 1.45. The van der Waals surface area contributed by atoms with Gasteiger partial charge in [0.05, 0.1) is 31.1 Å². The van der Waals surface area contributed by atoms with Gasteiger partial charge >= 0.3 is 0 Å². The number of methoxy groups -OCH3 is 2. The Bertz CT molecular complexity index is 1140. The van der Waals surface area contributed by atoms with Crippen LogP contribution in [0.25, 0.3) is 0 Å². The maximum atomic E-state index is 12.3. The van der Waals surface area contributed by atoms with E-state index >= 15 is 0 Å². The van der Waals surface area contributed by atoms with E-state index in [1.165, 1.54) is 32.6 Å². The van der Waals surface area contributed by atoms with E-state index in [0.29, 0.717) is 27.9 Å². The van der Waals surface area contributed by atoms with Crippen LogP contribution in [0.5, 0.6) is 11.5 Å². The van der Waals surface area contributed by atoms with Gasteiger partial charge in [0.15, 0.2) is 0 Å². The molecule has 0 aliphatic rings. The monoisotopic (exact) mass is 472 g/mol. The predicted octanol–water partition coefficient (Wildman–Crippen LogP) is 2.09. The number of nitrogens with two attached hydrogens (primary N) is 1. The first-order valence-electron chi connectivity index (χ1n) is 9.29. The Morgan fingerprint density at radius 1 is 1.21 bits per heavy atom. The number of hydrogen-bond donors (Lipinski definition) is 3. The molecule has 0 atom stereocenters. The van der Waals surface area contributed by atoms with Crippen LogP contribution in [0.4, 0.5) is 17.3 Å². The molecule has 0 spiro atoms. The largest absolute Gasteiger partial charge is 0.497 e. The van der Waals surface area contributed by atoms with Crippen molar-refractivity contribution < 1.29 is 19.2 Å². The zero-order chi connectivity index (χ0) is 23.8. The first-order chi connectivity index (χ1) is 15.9. The zero-order valence-corrected chi connectivity index (χ0v) is 18.4. The second-order valence-corrected chi connectivity index (χ2v) is 7.28. The van der Waals surface area contributed by atoms with Gasteiger partial charge in [-0.1, -0.05) is 11.8 Å². The number of non-ortho nitro benzene ring substituents is 1. The summed E-state index contributed by atoms with van der Waals surface area (Å²) in [5.41, 5.74) is 3.77. The summed E-state index contributed by atoms with van der Waals surface area (Å²) in [4.78, 5) is 22.5. The van der Waals surface area contributed by atoms with Gasteiger partial charge in [0, 0.05) is 36.0 Å². The fourth-order valence-corrected chi connectivity index (χ4v) is 3.16. The standard InChI is InChI=1S/C19H20N8O5S/c1-31-15-7-13(8-16(9-15)32-2)22-17(28)11-33-19-25-24-18(26(19)20)23-21-10-12-3-5-14(6-4-12)27(29)30/h3-10H,11,20H2,1-2H3,(H,22,28)(H,23,24)/b21-10+. The van der Waals surface area contributed by atoms with Crippen LogP contribution in [0.3, 0.4) is 0 Å². The second kappa shape index (κ2) is 10.8. The highest BCUT2D eigenvalue weighted by molar-refractivity contribution is 7.99. The van der Waals surface area contributed by atoms with Gasteiger partial charge in [-0.05, 0) is 17.7 Å². The molecule has 2 aromatic carbocycles. The molecule has 0 aliphatic carbocycles. The van der Waals surface area contributed by atoms with Gasteiger partial charge in [0.2, 0.25) is 11.1 Å². The second-order valence-electron chi connectivity index (χ2n) is 6.33. The summed E-state index contributed by atoms with van der Waals surface area (Å²) in [7, 11) is 3.04. The van der Waals surface area contributed by atoms with E-state index in [0.717, 1.165) is 16.4 Å². The molecule has 3 aromatic rings. The number of nitrogens with one attached hydrogen (secondary N) is 2. The van der Waals surface area contributed by atoms with Crippen molar-refractivity contribution in [1.82, 2.24) is 14.9 Å². The number of carbonyl (C=O) groups is 1. The van der Waals surface area contributed by atoms with Crippen LogP contribution in [-0.2, 0) is 4.79 Å². The number of nitro groups is 1. The minimum Gasteiger partial charge on any atom is -0.497 e. The SMILES string of the molecule is COc1cc(NC(=O)CSc2nnc(N/N=C/c3ccc([N+](=O)[O-])cc3)n2N)cc(OC)c1. The van der Waals surface area contributed by atoms with Crippen molar-refractivity contribution in [3.63, 3.8) is 0 Å². The van der Waals surface area contributed by atoms with Crippen LogP contribution in [0, 0.1) is 10.1 Å². The predicted molar refractivity (Wildman–Crippen MR) is 123 cm³/mol.